The monoisotopic (exact) mass is 1030 g/mol. The molecule has 0 aliphatic carbocycles. The molecular formula is C46H34F6N10O8S2. The second-order valence-corrected chi connectivity index (χ2v) is 19.8. The minimum atomic E-state index is -4.93. The van der Waals surface area contributed by atoms with Crippen molar-refractivity contribution in [3.63, 3.8) is 0 Å². The quantitative estimate of drug-likeness (QED) is 0.119. The lowest BCUT2D eigenvalue weighted by molar-refractivity contribution is -0.138. The fourth-order valence-electron chi connectivity index (χ4n) is 7.96. The van der Waals surface area contributed by atoms with E-state index in [1.54, 1.807) is 24.3 Å². The molecule has 2 N–H and O–H groups in total. The Hall–Kier alpha value is -8.72. The number of carbonyl (C=O) groups is 4. The van der Waals surface area contributed by atoms with Crippen LogP contribution in [0.4, 0.5) is 56.9 Å². The highest BCUT2D eigenvalue weighted by molar-refractivity contribution is 7.91. The van der Waals surface area contributed by atoms with E-state index in [0.717, 1.165) is 87.0 Å². The molecular weight excluding hydrogens is 999 g/mol. The second-order valence-electron chi connectivity index (χ2n) is 15.8. The number of nitrogens with one attached hydrogen (secondary N) is 2. The topological polar surface area (TPSA) is 269 Å². The molecule has 8 amide bonds. The number of hydrogen-bond acceptors (Lipinski definition) is 12. The van der Waals surface area contributed by atoms with Gasteiger partial charge in [0.1, 0.15) is 12.1 Å². The predicted octanol–water partition coefficient (Wildman–Crippen LogP) is 7.96. The normalized spacial score (nSPS) is 16.7. The SMILES string of the molecule is CC1=C(C#N)[C@@H](c2ccc(C#N)cc2S(C)(=O)=O)N(C(=O)NCCNC(=O)N2C(=O)N(c3cccc(C(F)(F)F)c3)C(C)=C(C#N)[C@H]2c2ccc(C#N)cc2S(C)(=O)=O)C(=O)N1c1cccc(C(F)(F)F)c1. The first-order chi connectivity index (χ1) is 33.6. The van der Waals surface area contributed by atoms with E-state index < -0.39 is 125 Å². The van der Waals surface area contributed by atoms with Crippen molar-refractivity contribution >= 4 is 55.2 Å². The molecule has 0 bridgehead atoms. The second kappa shape index (κ2) is 19.6. The average Bonchev–Trinajstić information content (AvgIpc) is 3.31. The van der Waals surface area contributed by atoms with E-state index in [1.165, 1.54) is 0 Å². The summed E-state index contributed by atoms with van der Waals surface area (Å²) in [6.45, 7) is 0.869. The number of halogens is 6. The van der Waals surface area contributed by atoms with Crippen molar-refractivity contribution in [2.75, 3.05) is 35.4 Å². The molecule has 0 aromatic heterocycles. The van der Waals surface area contributed by atoms with Crippen molar-refractivity contribution in [3.8, 4) is 24.3 Å². The average molecular weight is 1030 g/mol. The third-order valence-corrected chi connectivity index (χ3v) is 13.5. The van der Waals surface area contributed by atoms with E-state index in [4.69, 9.17) is 0 Å². The molecule has 2 aliphatic rings. The van der Waals surface area contributed by atoms with Crippen LogP contribution in [0.2, 0.25) is 0 Å². The molecule has 2 aliphatic heterocycles. The van der Waals surface area contributed by atoms with E-state index >= 15 is 0 Å². The van der Waals surface area contributed by atoms with E-state index in [0.29, 0.717) is 43.9 Å². The molecule has 0 radical (unpaired) electrons. The predicted molar refractivity (Wildman–Crippen MR) is 240 cm³/mol. The molecule has 370 valence electrons. The molecule has 0 fully saturated rings. The van der Waals surface area contributed by atoms with E-state index in [-0.39, 0.29) is 33.6 Å². The number of alkyl halides is 6. The van der Waals surface area contributed by atoms with Crippen molar-refractivity contribution in [1.29, 1.82) is 21.0 Å². The number of urea groups is 4. The third-order valence-electron chi connectivity index (χ3n) is 11.2. The Morgan fingerprint density at radius 3 is 1.21 bits per heavy atom. The Bertz CT molecular complexity index is 3230. The number of benzene rings is 4. The van der Waals surface area contributed by atoms with Crippen LogP contribution >= 0.6 is 0 Å². The van der Waals surface area contributed by atoms with Gasteiger partial charge in [-0.05, 0) is 85.6 Å². The first-order valence-electron chi connectivity index (χ1n) is 20.5. The number of amides is 8. The van der Waals surface area contributed by atoms with Gasteiger partial charge >= 0.3 is 36.5 Å². The Morgan fingerprint density at radius 1 is 0.569 bits per heavy atom. The molecule has 4 aromatic rings. The molecule has 18 nitrogen and oxygen atoms in total. The van der Waals surface area contributed by atoms with E-state index in [2.05, 4.69) is 10.6 Å². The third kappa shape index (κ3) is 10.1. The summed E-state index contributed by atoms with van der Waals surface area (Å²) in [6, 6.07) is 10.3. The van der Waals surface area contributed by atoms with Crippen LogP contribution in [0.5, 0.6) is 0 Å². The molecule has 0 saturated heterocycles. The molecule has 0 spiro atoms. The lowest BCUT2D eigenvalue weighted by Gasteiger charge is -2.41. The zero-order chi connectivity index (χ0) is 53.4. The Kier molecular flexibility index (Phi) is 14.3. The van der Waals surface area contributed by atoms with Crippen LogP contribution in [0.15, 0.2) is 117 Å². The molecule has 0 unspecified atom stereocenters. The fourth-order valence-corrected chi connectivity index (χ4v) is 9.86. The van der Waals surface area contributed by atoms with Gasteiger partial charge in [-0.2, -0.15) is 47.4 Å². The van der Waals surface area contributed by atoms with Crippen molar-refractivity contribution in [3.05, 3.63) is 141 Å². The minimum Gasteiger partial charge on any atom is -0.336 e. The van der Waals surface area contributed by atoms with E-state index in [9.17, 15) is 83.4 Å². The van der Waals surface area contributed by atoms with Crippen molar-refractivity contribution in [2.24, 2.45) is 0 Å². The number of imide groups is 2. The van der Waals surface area contributed by atoms with Crippen LogP contribution < -0.4 is 20.4 Å². The highest BCUT2D eigenvalue weighted by Crippen LogP contribution is 2.44. The van der Waals surface area contributed by atoms with E-state index in [1.807, 2.05) is 0 Å². The number of sulfone groups is 2. The molecule has 72 heavy (non-hydrogen) atoms. The maximum absolute atomic E-state index is 14.6. The lowest BCUT2D eigenvalue weighted by atomic mass is 9.93. The molecule has 2 atom stereocenters. The van der Waals surface area contributed by atoms with Gasteiger partial charge in [0.25, 0.3) is 0 Å². The smallest absolute Gasteiger partial charge is 0.336 e. The summed E-state index contributed by atoms with van der Waals surface area (Å²) < 4.78 is 136. The highest BCUT2D eigenvalue weighted by atomic mass is 32.2. The van der Waals surface area contributed by atoms with Crippen LogP contribution in [0, 0.1) is 45.3 Å². The van der Waals surface area contributed by atoms with Crippen LogP contribution in [0.1, 0.15) is 59.3 Å². The molecule has 0 saturated carbocycles. The fraction of sp³-hybridized carbons (Fsp3) is 0.217. The zero-order valence-corrected chi connectivity index (χ0v) is 39.2. The number of nitrogens with zero attached hydrogens (tertiary/aromatic N) is 8. The number of rotatable bonds is 9. The molecule has 2 heterocycles. The van der Waals surface area contributed by atoms with Crippen LogP contribution in [0.25, 0.3) is 0 Å². The lowest BCUT2D eigenvalue weighted by Crippen LogP contribution is -2.57. The Balaban J connectivity index is 1.41. The largest absolute Gasteiger partial charge is 0.416 e. The Labute approximate surface area is 406 Å². The maximum Gasteiger partial charge on any atom is 0.416 e. The van der Waals surface area contributed by atoms with Crippen LogP contribution in [-0.2, 0) is 32.0 Å². The van der Waals surface area contributed by atoms with Gasteiger partial charge in [0.05, 0.1) is 78.8 Å². The van der Waals surface area contributed by atoms with Crippen molar-refractivity contribution in [2.45, 2.75) is 48.1 Å². The summed E-state index contributed by atoms with van der Waals surface area (Å²) in [6.07, 6.45) is -8.39. The van der Waals surface area contributed by atoms with Gasteiger partial charge in [-0.25, -0.2) is 45.8 Å². The maximum atomic E-state index is 14.6. The number of anilines is 2. The standard InChI is InChI=1S/C46H34F6N10O8S2/c1-25-35(23-55)39(33-13-11-27(21-53)17-37(33)71(3,67)68)61(43(65)59(25)31-9-5-7-29(19-31)45(47,48)49)41(63)57-15-16-58-42(64)62-40(34-14-12-28(22-54)18-38(34)72(4,69)70)36(24-56)26(2)60(44(62)66)32-10-6-8-30(20-32)46(50,51)52/h5-14,17-20,39-40H,15-16H2,1-4H3,(H,57,63)(H,58,64)/t39-,40-/m1/s1. The first-order valence-corrected chi connectivity index (χ1v) is 24.3. The molecule has 26 heteroatoms. The van der Waals surface area contributed by atoms with Gasteiger partial charge in [0, 0.05) is 37.0 Å². The summed E-state index contributed by atoms with van der Waals surface area (Å²) in [7, 11) is -8.68. The van der Waals surface area contributed by atoms with Gasteiger partial charge in [-0.15, -0.1) is 0 Å². The Morgan fingerprint density at radius 2 is 0.917 bits per heavy atom. The summed E-state index contributed by atoms with van der Waals surface area (Å²) in [5.74, 6) is 0. The first kappa shape index (κ1) is 52.6. The van der Waals surface area contributed by atoms with Crippen LogP contribution in [-0.4, -0.2) is 76.4 Å². The van der Waals surface area contributed by atoms with Gasteiger partial charge in [0.2, 0.25) is 0 Å². The van der Waals surface area contributed by atoms with Crippen molar-refractivity contribution < 1.29 is 62.4 Å². The summed E-state index contributed by atoms with van der Waals surface area (Å²) in [5.41, 5.74) is -6.25. The summed E-state index contributed by atoms with van der Waals surface area (Å²) >= 11 is 0. The van der Waals surface area contributed by atoms with Gasteiger partial charge < -0.3 is 10.6 Å². The number of allylic oxidation sites excluding steroid dienone is 2. The summed E-state index contributed by atoms with van der Waals surface area (Å²) in [4.78, 5) is 58.5. The van der Waals surface area contributed by atoms with Gasteiger partial charge in [-0.1, -0.05) is 24.3 Å². The zero-order valence-electron chi connectivity index (χ0n) is 37.6. The van der Waals surface area contributed by atoms with Gasteiger partial charge in [-0.3, -0.25) is 9.80 Å². The number of nitriles is 4. The number of hydrogen-bond donors (Lipinski definition) is 2. The highest BCUT2D eigenvalue weighted by Gasteiger charge is 2.47. The molecule has 4 aromatic carbocycles. The molecule has 6 rings (SSSR count). The van der Waals surface area contributed by atoms with Crippen molar-refractivity contribution in [1.82, 2.24) is 20.4 Å². The minimum absolute atomic E-state index is 0.190. The summed E-state index contributed by atoms with van der Waals surface area (Å²) in [5, 5.41) is 44.8. The van der Waals surface area contributed by atoms with Gasteiger partial charge in [0.15, 0.2) is 19.7 Å². The van der Waals surface area contributed by atoms with Crippen LogP contribution in [0.3, 0.4) is 0 Å². The number of carbonyl (C=O) groups excluding carboxylic acids is 4.